The summed E-state index contributed by atoms with van der Waals surface area (Å²) in [4.78, 5) is 23.6. The lowest BCUT2D eigenvalue weighted by molar-refractivity contribution is -0.122. The molecule has 0 saturated carbocycles. The second-order valence-electron chi connectivity index (χ2n) is 5.67. The van der Waals surface area contributed by atoms with E-state index in [1.807, 2.05) is 45.0 Å². The Morgan fingerprint density at radius 2 is 1.56 bits per heavy atom. The molecule has 2 rings (SSSR count). The molecule has 2 aromatic rings. The number of ether oxygens (including phenoxy) is 1. The molecule has 0 aliphatic heterocycles. The summed E-state index contributed by atoms with van der Waals surface area (Å²) in [5.74, 6) is 0.124. The van der Waals surface area contributed by atoms with E-state index in [-0.39, 0.29) is 11.8 Å². The molecule has 7 nitrogen and oxygen atoms in total. The summed E-state index contributed by atoms with van der Waals surface area (Å²) < 4.78 is 5.20. The van der Waals surface area contributed by atoms with E-state index in [9.17, 15) is 9.59 Å². The van der Waals surface area contributed by atoms with Gasteiger partial charge in [-0.25, -0.2) is 4.79 Å². The summed E-state index contributed by atoms with van der Waals surface area (Å²) in [6.07, 6.45) is -0.536. The third-order valence-corrected chi connectivity index (χ3v) is 3.80. The maximum Gasteiger partial charge on any atom is 0.412 e. The number of hydrogen-bond acceptors (Lipinski definition) is 5. The van der Waals surface area contributed by atoms with Crippen LogP contribution in [0.4, 0.5) is 4.79 Å². The molecule has 0 aliphatic carbocycles. The van der Waals surface area contributed by atoms with Crippen LogP contribution >= 0.6 is 0 Å². The van der Waals surface area contributed by atoms with E-state index >= 15 is 0 Å². The van der Waals surface area contributed by atoms with Crippen LogP contribution in [0.5, 0.6) is 5.75 Å². The van der Waals surface area contributed by atoms with Gasteiger partial charge < -0.3 is 26.8 Å². The fraction of sp³-hybridized carbons (Fsp3) is 0.400. The van der Waals surface area contributed by atoms with Crippen molar-refractivity contribution in [2.45, 2.75) is 26.7 Å². The largest absolute Gasteiger partial charge is 0.412 e. The summed E-state index contributed by atoms with van der Waals surface area (Å²) in [7, 11) is 0. The van der Waals surface area contributed by atoms with Crippen molar-refractivity contribution in [2.75, 3.05) is 26.2 Å². The van der Waals surface area contributed by atoms with Crippen LogP contribution in [0.1, 0.15) is 32.3 Å². The first-order chi connectivity index (χ1) is 13.0. The van der Waals surface area contributed by atoms with Gasteiger partial charge in [0.15, 0.2) is 0 Å². The zero-order chi connectivity index (χ0) is 20.2. The number of carbonyl (C=O) groups excluding carboxylic acids is 2. The van der Waals surface area contributed by atoms with E-state index in [0.29, 0.717) is 31.9 Å². The van der Waals surface area contributed by atoms with E-state index in [4.69, 9.17) is 16.2 Å². The average molecular weight is 374 g/mol. The lowest BCUT2D eigenvalue weighted by Crippen LogP contribution is -2.32. The van der Waals surface area contributed by atoms with Gasteiger partial charge >= 0.3 is 6.09 Å². The number of fused-ring (bicyclic) bond motifs is 1. The predicted molar refractivity (Wildman–Crippen MR) is 109 cm³/mol. The van der Waals surface area contributed by atoms with Gasteiger partial charge in [0.1, 0.15) is 5.75 Å². The van der Waals surface area contributed by atoms with Crippen LogP contribution in [-0.2, 0) is 4.79 Å². The van der Waals surface area contributed by atoms with Gasteiger partial charge in [-0.15, -0.1) is 0 Å². The van der Waals surface area contributed by atoms with Crippen molar-refractivity contribution in [2.24, 2.45) is 11.5 Å². The quantitative estimate of drug-likeness (QED) is 0.592. The van der Waals surface area contributed by atoms with E-state index in [1.165, 1.54) is 0 Å². The van der Waals surface area contributed by atoms with E-state index in [1.54, 1.807) is 12.1 Å². The maximum absolute atomic E-state index is 12.1. The molecule has 6 N–H and O–H groups in total. The highest BCUT2D eigenvalue weighted by Gasteiger charge is 2.15. The lowest BCUT2D eigenvalue weighted by Gasteiger charge is -2.13. The molecular weight excluding hydrogens is 344 g/mol. The Labute approximate surface area is 160 Å². The van der Waals surface area contributed by atoms with Crippen molar-refractivity contribution in [3.63, 3.8) is 0 Å². The van der Waals surface area contributed by atoms with Crippen molar-refractivity contribution in [3.8, 4) is 5.75 Å². The number of amides is 2. The molecule has 7 heteroatoms. The molecule has 0 unspecified atom stereocenters. The van der Waals surface area contributed by atoms with Crippen molar-refractivity contribution in [1.29, 1.82) is 0 Å². The van der Waals surface area contributed by atoms with Crippen molar-refractivity contribution in [1.82, 2.24) is 10.6 Å². The van der Waals surface area contributed by atoms with Gasteiger partial charge in [-0.05, 0) is 35.4 Å². The number of nitrogens with two attached hydrogens (primary N) is 2. The van der Waals surface area contributed by atoms with Crippen LogP contribution in [0.2, 0.25) is 0 Å². The van der Waals surface area contributed by atoms with Crippen LogP contribution in [0.25, 0.3) is 10.8 Å². The van der Waals surface area contributed by atoms with Gasteiger partial charge in [0.25, 0.3) is 0 Å². The van der Waals surface area contributed by atoms with Crippen LogP contribution in [0.15, 0.2) is 36.4 Å². The molecule has 148 valence electrons. The van der Waals surface area contributed by atoms with E-state index in [0.717, 1.165) is 16.3 Å². The zero-order valence-electron chi connectivity index (χ0n) is 16.2. The molecule has 0 spiro atoms. The molecule has 0 radical (unpaired) electrons. The Balaban J connectivity index is 0.00000176. The van der Waals surface area contributed by atoms with Crippen molar-refractivity contribution < 1.29 is 14.3 Å². The highest BCUT2D eigenvalue weighted by atomic mass is 16.6. The first-order valence-electron chi connectivity index (χ1n) is 9.22. The minimum Gasteiger partial charge on any atom is -0.410 e. The second kappa shape index (κ2) is 11.9. The highest BCUT2D eigenvalue weighted by molar-refractivity contribution is 5.88. The van der Waals surface area contributed by atoms with E-state index < -0.39 is 6.09 Å². The minimum atomic E-state index is -0.536. The summed E-state index contributed by atoms with van der Waals surface area (Å²) in [6, 6.07) is 11.1. The number of rotatable bonds is 7. The number of nitrogens with one attached hydrogen (secondary N) is 2. The normalized spacial score (nSPS) is 11.1. The standard InChI is InChI=1S/C18H24N4O3.C2H6/c1-12(17(23)21-8-6-19)13-2-3-15-11-16(5-4-14(15)10-13)25-18(24)22-9-7-20;1-2/h2-5,10-12H,6-9,19-20H2,1H3,(H,21,23)(H,22,24);1-2H3/t12-;/m1./s1. The first kappa shape index (κ1) is 22.4. The van der Waals surface area contributed by atoms with E-state index in [2.05, 4.69) is 10.6 Å². The smallest absolute Gasteiger partial charge is 0.410 e. The third-order valence-electron chi connectivity index (χ3n) is 3.80. The fourth-order valence-electron chi connectivity index (χ4n) is 2.39. The first-order valence-corrected chi connectivity index (χ1v) is 9.22. The molecular formula is C20H30N4O3. The number of hydrogen-bond donors (Lipinski definition) is 4. The second-order valence-corrected chi connectivity index (χ2v) is 5.67. The molecule has 0 fully saturated rings. The molecule has 0 aromatic heterocycles. The zero-order valence-corrected chi connectivity index (χ0v) is 16.2. The monoisotopic (exact) mass is 374 g/mol. The minimum absolute atomic E-state index is 0.0543. The average Bonchev–Trinajstić information content (AvgIpc) is 2.70. The topological polar surface area (TPSA) is 119 Å². The molecule has 0 aliphatic rings. The van der Waals surface area contributed by atoms with Crippen molar-refractivity contribution >= 4 is 22.8 Å². The Morgan fingerprint density at radius 3 is 2.22 bits per heavy atom. The number of benzene rings is 2. The highest BCUT2D eigenvalue weighted by Crippen LogP contribution is 2.25. The van der Waals surface area contributed by atoms with Gasteiger partial charge in [0, 0.05) is 26.2 Å². The van der Waals surface area contributed by atoms with Gasteiger partial charge in [-0.3, -0.25) is 4.79 Å². The van der Waals surface area contributed by atoms with Gasteiger partial charge in [-0.2, -0.15) is 0 Å². The van der Waals surface area contributed by atoms with Crippen LogP contribution in [0.3, 0.4) is 0 Å². The maximum atomic E-state index is 12.1. The molecule has 2 amide bonds. The Morgan fingerprint density at radius 1 is 0.963 bits per heavy atom. The molecule has 0 heterocycles. The fourth-order valence-corrected chi connectivity index (χ4v) is 2.39. The summed E-state index contributed by atoms with van der Waals surface area (Å²) >= 11 is 0. The van der Waals surface area contributed by atoms with Crippen LogP contribution < -0.4 is 26.8 Å². The third kappa shape index (κ3) is 6.88. The van der Waals surface area contributed by atoms with Crippen LogP contribution in [0, 0.1) is 0 Å². The van der Waals surface area contributed by atoms with Crippen LogP contribution in [-0.4, -0.2) is 38.2 Å². The van der Waals surface area contributed by atoms with Gasteiger partial charge in [0.05, 0.1) is 5.92 Å². The lowest BCUT2D eigenvalue weighted by atomic mass is 9.97. The molecule has 27 heavy (non-hydrogen) atoms. The Kier molecular flexibility index (Phi) is 9.85. The Hall–Kier alpha value is -2.64. The number of carbonyl (C=O) groups is 2. The molecule has 2 aromatic carbocycles. The van der Waals surface area contributed by atoms with Gasteiger partial charge in [-0.1, -0.05) is 38.1 Å². The summed E-state index contributed by atoms with van der Waals surface area (Å²) in [5, 5.41) is 7.21. The summed E-state index contributed by atoms with van der Waals surface area (Å²) in [6.45, 7) is 7.44. The Bertz CT molecular complexity index is 749. The van der Waals surface area contributed by atoms with Crippen molar-refractivity contribution in [3.05, 3.63) is 42.0 Å². The molecule has 0 saturated heterocycles. The van der Waals surface area contributed by atoms with Gasteiger partial charge in [0.2, 0.25) is 5.91 Å². The predicted octanol–water partition coefficient (Wildman–Crippen LogP) is 2.09. The summed E-state index contributed by atoms with van der Waals surface area (Å²) in [5.41, 5.74) is 11.6. The molecule has 1 atom stereocenters. The molecule has 0 bridgehead atoms. The SMILES string of the molecule is CC.C[C@@H](C(=O)NCCN)c1ccc2cc(OC(=O)NCCN)ccc2c1.